The van der Waals surface area contributed by atoms with Gasteiger partial charge < -0.3 is 9.80 Å². The third kappa shape index (κ3) is 1.60. The Kier molecular flexibility index (Phi) is 2.18. The fourth-order valence-electron chi connectivity index (χ4n) is 2.18. The second-order valence-corrected chi connectivity index (χ2v) is 4.64. The van der Waals surface area contributed by atoms with E-state index in [1.807, 2.05) is 24.3 Å². The molecule has 1 aromatic carbocycles. The van der Waals surface area contributed by atoms with E-state index < -0.39 is 0 Å². The lowest BCUT2D eigenvalue weighted by Gasteiger charge is -2.34. The van der Waals surface area contributed by atoms with Crippen LogP contribution in [0.3, 0.4) is 0 Å². The van der Waals surface area contributed by atoms with Gasteiger partial charge in [-0.1, -0.05) is 12.1 Å². The molecule has 1 aliphatic heterocycles. The minimum atomic E-state index is -0.0299. The standard InChI is InChI=1S/C13H14N2O2/c1-14-10-4-2-3-5-11(10)15(8-12(14)16)13(17)9-6-7-9/h2-5,9H,6-8H2,1H3. The Bertz CT molecular complexity index is 494. The molecule has 0 atom stereocenters. The second kappa shape index (κ2) is 3.58. The summed E-state index contributed by atoms with van der Waals surface area (Å²) in [5, 5.41) is 0. The molecule has 88 valence electrons. The van der Waals surface area contributed by atoms with Crippen LogP contribution in [0, 0.1) is 5.92 Å². The number of fused-ring (bicyclic) bond motifs is 1. The van der Waals surface area contributed by atoms with Gasteiger partial charge in [0.05, 0.1) is 11.4 Å². The lowest BCUT2D eigenvalue weighted by atomic mass is 10.1. The number of carbonyl (C=O) groups is 2. The number of hydrogen-bond acceptors (Lipinski definition) is 2. The zero-order chi connectivity index (χ0) is 12.0. The van der Waals surface area contributed by atoms with Crippen molar-refractivity contribution in [1.29, 1.82) is 0 Å². The Labute approximate surface area is 99.8 Å². The molecule has 0 N–H and O–H groups in total. The molecule has 0 spiro atoms. The number of benzene rings is 1. The quantitative estimate of drug-likeness (QED) is 0.731. The second-order valence-electron chi connectivity index (χ2n) is 4.64. The first kappa shape index (κ1) is 10.3. The van der Waals surface area contributed by atoms with Crippen LogP contribution >= 0.6 is 0 Å². The molecule has 0 bridgehead atoms. The van der Waals surface area contributed by atoms with Crippen LogP contribution in [0.2, 0.25) is 0 Å². The minimum absolute atomic E-state index is 0.0299. The molecule has 1 heterocycles. The maximum absolute atomic E-state index is 12.1. The van der Waals surface area contributed by atoms with E-state index in [0.29, 0.717) is 0 Å². The van der Waals surface area contributed by atoms with Crippen molar-refractivity contribution >= 4 is 23.2 Å². The number of likely N-dealkylation sites (N-methyl/N-ethyl adjacent to an activating group) is 1. The van der Waals surface area contributed by atoms with Crippen LogP contribution in [-0.4, -0.2) is 25.4 Å². The van der Waals surface area contributed by atoms with Gasteiger partial charge in [-0.2, -0.15) is 0 Å². The Morgan fingerprint density at radius 1 is 1.24 bits per heavy atom. The van der Waals surface area contributed by atoms with Gasteiger partial charge in [0.25, 0.3) is 0 Å². The van der Waals surface area contributed by atoms with Crippen molar-refractivity contribution in [3.63, 3.8) is 0 Å². The van der Waals surface area contributed by atoms with E-state index in [0.717, 1.165) is 24.2 Å². The van der Waals surface area contributed by atoms with Gasteiger partial charge in [-0.25, -0.2) is 0 Å². The maximum atomic E-state index is 12.1. The van der Waals surface area contributed by atoms with E-state index >= 15 is 0 Å². The summed E-state index contributed by atoms with van der Waals surface area (Å²) < 4.78 is 0. The van der Waals surface area contributed by atoms with Crippen LogP contribution in [0.25, 0.3) is 0 Å². The van der Waals surface area contributed by atoms with E-state index in [1.165, 1.54) is 0 Å². The molecule has 0 unspecified atom stereocenters. The number of nitrogens with zero attached hydrogens (tertiary/aromatic N) is 2. The monoisotopic (exact) mass is 230 g/mol. The van der Waals surface area contributed by atoms with Crippen LogP contribution < -0.4 is 9.80 Å². The molecule has 3 rings (SSSR count). The average molecular weight is 230 g/mol. The van der Waals surface area contributed by atoms with Crippen LogP contribution in [0.1, 0.15) is 12.8 Å². The predicted molar refractivity (Wildman–Crippen MR) is 64.9 cm³/mol. The first-order chi connectivity index (χ1) is 8.18. The first-order valence-electron chi connectivity index (χ1n) is 5.85. The number of amides is 2. The van der Waals surface area contributed by atoms with E-state index in [1.54, 1.807) is 16.8 Å². The molecule has 4 nitrogen and oxygen atoms in total. The number of rotatable bonds is 1. The van der Waals surface area contributed by atoms with Crippen LogP contribution in [0.4, 0.5) is 11.4 Å². The summed E-state index contributed by atoms with van der Waals surface area (Å²) in [6.45, 7) is 0.169. The Hall–Kier alpha value is -1.84. The van der Waals surface area contributed by atoms with Crippen LogP contribution in [0.5, 0.6) is 0 Å². The summed E-state index contributed by atoms with van der Waals surface area (Å²) in [6, 6.07) is 7.56. The first-order valence-corrected chi connectivity index (χ1v) is 5.85. The van der Waals surface area contributed by atoms with E-state index in [4.69, 9.17) is 0 Å². The highest BCUT2D eigenvalue weighted by atomic mass is 16.2. The summed E-state index contributed by atoms with van der Waals surface area (Å²) in [6.07, 6.45) is 1.92. The smallest absolute Gasteiger partial charge is 0.246 e. The summed E-state index contributed by atoms with van der Waals surface area (Å²) in [7, 11) is 1.75. The molecule has 2 aliphatic rings. The summed E-state index contributed by atoms with van der Waals surface area (Å²) in [4.78, 5) is 27.2. The zero-order valence-corrected chi connectivity index (χ0v) is 9.72. The summed E-state index contributed by atoms with van der Waals surface area (Å²) in [5.74, 6) is 0.205. The lowest BCUT2D eigenvalue weighted by Crippen LogP contribution is -2.47. The van der Waals surface area contributed by atoms with Crippen molar-refractivity contribution in [2.24, 2.45) is 5.92 Å². The molecule has 4 heteroatoms. The molecule has 1 aromatic rings. The zero-order valence-electron chi connectivity index (χ0n) is 9.72. The van der Waals surface area contributed by atoms with Gasteiger partial charge in [0.2, 0.25) is 11.8 Å². The molecule has 0 saturated heterocycles. The fraction of sp³-hybridized carbons (Fsp3) is 0.385. The highest BCUT2D eigenvalue weighted by Gasteiger charge is 2.38. The van der Waals surface area contributed by atoms with Crippen LogP contribution in [0.15, 0.2) is 24.3 Å². The van der Waals surface area contributed by atoms with Gasteiger partial charge in [-0.3, -0.25) is 9.59 Å². The molecule has 17 heavy (non-hydrogen) atoms. The van der Waals surface area contributed by atoms with Crippen molar-refractivity contribution in [1.82, 2.24) is 0 Å². The molecule has 1 aliphatic carbocycles. The molecule has 1 fully saturated rings. The molecule has 1 saturated carbocycles. The van der Waals surface area contributed by atoms with Gasteiger partial charge in [-0.05, 0) is 25.0 Å². The van der Waals surface area contributed by atoms with Crippen molar-refractivity contribution in [3.8, 4) is 0 Å². The lowest BCUT2D eigenvalue weighted by molar-refractivity contribution is -0.123. The van der Waals surface area contributed by atoms with Crippen molar-refractivity contribution in [2.45, 2.75) is 12.8 Å². The maximum Gasteiger partial charge on any atom is 0.246 e. The Morgan fingerprint density at radius 3 is 2.53 bits per heavy atom. The van der Waals surface area contributed by atoms with Crippen LogP contribution in [-0.2, 0) is 9.59 Å². The van der Waals surface area contributed by atoms with E-state index in [2.05, 4.69) is 0 Å². The molecular weight excluding hydrogens is 216 g/mol. The molecule has 0 aromatic heterocycles. The normalized spacial score (nSPS) is 19.2. The number of carbonyl (C=O) groups excluding carboxylic acids is 2. The Morgan fingerprint density at radius 2 is 1.88 bits per heavy atom. The van der Waals surface area contributed by atoms with E-state index in [-0.39, 0.29) is 24.3 Å². The van der Waals surface area contributed by atoms with Gasteiger partial charge in [0, 0.05) is 13.0 Å². The minimum Gasteiger partial charge on any atom is -0.312 e. The number of anilines is 2. The SMILES string of the molecule is CN1C(=O)CN(C(=O)C2CC2)c2ccccc21. The molecular formula is C13H14N2O2. The summed E-state index contributed by atoms with van der Waals surface area (Å²) >= 11 is 0. The van der Waals surface area contributed by atoms with Gasteiger partial charge in [0.15, 0.2) is 0 Å². The Balaban J connectivity index is 2.03. The van der Waals surface area contributed by atoms with Crippen molar-refractivity contribution in [2.75, 3.05) is 23.4 Å². The summed E-state index contributed by atoms with van der Waals surface area (Å²) in [5.41, 5.74) is 1.67. The largest absolute Gasteiger partial charge is 0.312 e. The van der Waals surface area contributed by atoms with E-state index in [9.17, 15) is 9.59 Å². The van der Waals surface area contributed by atoms with Crippen molar-refractivity contribution < 1.29 is 9.59 Å². The number of para-hydroxylation sites is 2. The topological polar surface area (TPSA) is 40.6 Å². The number of hydrogen-bond donors (Lipinski definition) is 0. The average Bonchev–Trinajstić information content (AvgIpc) is 3.17. The van der Waals surface area contributed by atoms with Gasteiger partial charge in [-0.15, -0.1) is 0 Å². The highest BCUT2D eigenvalue weighted by Crippen LogP contribution is 2.37. The third-order valence-electron chi connectivity index (χ3n) is 3.39. The molecule has 2 amide bonds. The highest BCUT2D eigenvalue weighted by molar-refractivity contribution is 6.11. The predicted octanol–water partition coefficient (Wildman–Crippen LogP) is 1.41. The third-order valence-corrected chi connectivity index (χ3v) is 3.39. The van der Waals surface area contributed by atoms with Crippen molar-refractivity contribution in [3.05, 3.63) is 24.3 Å². The van der Waals surface area contributed by atoms with Gasteiger partial charge >= 0.3 is 0 Å². The van der Waals surface area contributed by atoms with Gasteiger partial charge in [0.1, 0.15) is 6.54 Å². The fourth-order valence-corrected chi connectivity index (χ4v) is 2.18. The molecule has 0 radical (unpaired) electrons.